The summed E-state index contributed by atoms with van der Waals surface area (Å²) >= 11 is 3.37. The van der Waals surface area contributed by atoms with Gasteiger partial charge in [-0.1, -0.05) is 28.1 Å². The van der Waals surface area contributed by atoms with E-state index < -0.39 is 17.4 Å². The molecule has 0 aliphatic heterocycles. The van der Waals surface area contributed by atoms with Gasteiger partial charge in [0.1, 0.15) is 0 Å². The van der Waals surface area contributed by atoms with Crippen LogP contribution in [0.25, 0.3) is 0 Å². The smallest absolute Gasteiger partial charge is 0.187 e. The summed E-state index contributed by atoms with van der Waals surface area (Å²) in [7, 11) is 0. The van der Waals surface area contributed by atoms with Crippen molar-refractivity contribution in [2.45, 2.75) is 13.1 Å². The van der Waals surface area contributed by atoms with Gasteiger partial charge in [0.15, 0.2) is 17.4 Å². The van der Waals surface area contributed by atoms with Crippen LogP contribution in [0.15, 0.2) is 40.9 Å². The molecule has 19 heavy (non-hydrogen) atoms. The number of phenols is 1. The lowest BCUT2D eigenvalue weighted by Gasteiger charge is -2.07. The van der Waals surface area contributed by atoms with E-state index in [0.717, 1.165) is 22.2 Å². The zero-order valence-electron chi connectivity index (χ0n) is 9.96. The topological polar surface area (TPSA) is 32.3 Å². The third kappa shape index (κ3) is 3.75. The van der Waals surface area contributed by atoms with E-state index in [9.17, 15) is 8.78 Å². The molecular formula is C14H12BrF2NO. The van der Waals surface area contributed by atoms with E-state index in [1.807, 2.05) is 24.3 Å². The Hall–Kier alpha value is -1.46. The number of phenolic OH excluding ortho intramolecular Hbond substituents is 1. The summed E-state index contributed by atoms with van der Waals surface area (Å²) in [6, 6.07) is 9.99. The number of halogens is 3. The molecular weight excluding hydrogens is 316 g/mol. The second-order valence-corrected chi connectivity index (χ2v) is 5.06. The molecule has 5 heteroatoms. The van der Waals surface area contributed by atoms with Gasteiger partial charge in [-0.05, 0) is 35.4 Å². The van der Waals surface area contributed by atoms with Crippen LogP contribution in [0.4, 0.5) is 8.78 Å². The van der Waals surface area contributed by atoms with E-state index in [2.05, 4.69) is 21.2 Å². The fourth-order valence-electron chi connectivity index (χ4n) is 1.72. The summed E-state index contributed by atoms with van der Waals surface area (Å²) in [5.41, 5.74) is 1.51. The Labute approximate surface area is 118 Å². The molecule has 0 heterocycles. The lowest BCUT2D eigenvalue weighted by Crippen LogP contribution is -2.13. The molecule has 0 saturated heterocycles. The van der Waals surface area contributed by atoms with Crippen molar-refractivity contribution < 1.29 is 13.9 Å². The van der Waals surface area contributed by atoms with Gasteiger partial charge in [0.25, 0.3) is 0 Å². The van der Waals surface area contributed by atoms with Crippen LogP contribution >= 0.6 is 15.9 Å². The van der Waals surface area contributed by atoms with Crippen LogP contribution in [0.2, 0.25) is 0 Å². The highest BCUT2D eigenvalue weighted by atomic mass is 79.9. The Morgan fingerprint density at radius 2 is 1.63 bits per heavy atom. The minimum absolute atomic E-state index is 0.320. The number of benzene rings is 2. The van der Waals surface area contributed by atoms with Gasteiger partial charge in [0.2, 0.25) is 0 Å². The lowest BCUT2D eigenvalue weighted by molar-refractivity contribution is 0.395. The first-order valence-corrected chi connectivity index (χ1v) is 6.47. The van der Waals surface area contributed by atoms with Gasteiger partial charge in [0.05, 0.1) is 0 Å². The Balaban J connectivity index is 1.96. The van der Waals surface area contributed by atoms with Gasteiger partial charge in [-0.25, -0.2) is 8.78 Å². The van der Waals surface area contributed by atoms with E-state index in [-0.39, 0.29) is 0 Å². The highest BCUT2D eigenvalue weighted by Gasteiger charge is 2.09. The van der Waals surface area contributed by atoms with Crippen molar-refractivity contribution in [2.75, 3.05) is 0 Å². The first-order chi connectivity index (χ1) is 9.06. The molecule has 100 valence electrons. The van der Waals surface area contributed by atoms with Crippen molar-refractivity contribution in [1.82, 2.24) is 5.32 Å². The minimum Gasteiger partial charge on any atom is -0.503 e. The molecule has 0 unspecified atom stereocenters. The van der Waals surface area contributed by atoms with E-state index in [1.54, 1.807) is 0 Å². The Morgan fingerprint density at radius 1 is 1.00 bits per heavy atom. The standard InChI is InChI=1S/C14H12BrF2NO/c15-11-3-1-2-9(4-11)7-18-8-10-5-12(16)14(19)13(17)6-10/h1-6,18-19H,7-8H2. The second-order valence-electron chi connectivity index (χ2n) is 4.14. The predicted octanol–water partition coefficient (Wildman–Crippen LogP) is 3.72. The highest BCUT2D eigenvalue weighted by molar-refractivity contribution is 9.10. The molecule has 0 spiro atoms. The molecule has 0 aliphatic carbocycles. The van der Waals surface area contributed by atoms with Crippen LogP contribution in [0, 0.1) is 11.6 Å². The number of nitrogens with one attached hydrogen (secondary N) is 1. The molecule has 0 amide bonds. The molecule has 2 aromatic carbocycles. The Kier molecular flexibility index (Phi) is 4.50. The van der Waals surface area contributed by atoms with Crippen molar-refractivity contribution in [1.29, 1.82) is 0 Å². The monoisotopic (exact) mass is 327 g/mol. The van der Waals surface area contributed by atoms with Gasteiger partial charge < -0.3 is 10.4 Å². The van der Waals surface area contributed by atoms with E-state index in [0.29, 0.717) is 18.7 Å². The maximum atomic E-state index is 13.1. The molecule has 0 bridgehead atoms. The molecule has 2 nitrogen and oxygen atoms in total. The molecule has 0 fully saturated rings. The highest BCUT2D eigenvalue weighted by Crippen LogP contribution is 2.21. The van der Waals surface area contributed by atoms with Crippen LogP contribution < -0.4 is 5.32 Å². The summed E-state index contributed by atoms with van der Waals surface area (Å²) < 4.78 is 27.2. The van der Waals surface area contributed by atoms with E-state index in [1.165, 1.54) is 0 Å². The number of hydrogen-bond donors (Lipinski definition) is 2. The lowest BCUT2D eigenvalue weighted by atomic mass is 10.2. The summed E-state index contributed by atoms with van der Waals surface area (Å²) in [6.07, 6.45) is 0. The van der Waals surface area contributed by atoms with Crippen LogP contribution in [-0.2, 0) is 13.1 Å². The van der Waals surface area contributed by atoms with Gasteiger partial charge in [-0.3, -0.25) is 0 Å². The summed E-state index contributed by atoms with van der Waals surface area (Å²) in [5.74, 6) is -2.82. The molecule has 2 rings (SSSR count). The van der Waals surface area contributed by atoms with Gasteiger partial charge >= 0.3 is 0 Å². The maximum absolute atomic E-state index is 13.1. The summed E-state index contributed by atoms with van der Waals surface area (Å²) in [6.45, 7) is 0.907. The SMILES string of the molecule is Oc1c(F)cc(CNCc2cccc(Br)c2)cc1F. The van der Waals surface area contributed by atoms with Crippen molar-refractivity contribution in [3.8, 4) is 5.75 Å². The normalized spacial score (nSPS) is 10.7. The third-order valence-corrected chi connectivity index (χ3v) is 3.12. The van der Waals surface area contributed by atoms with Crippen LogP contribution in [0.3, 0.4) is 0 Å². The van der Waals surface area contributed by atoms with Crippen molar-refractivity contribution in [2.24, 2.45) is 0 Å². The Bertz CT molecular complexity index is 566. The van der Waals surface area contributed by atoms with Gasteiger partial charge in [0, 0.05) is 17.6 Å². The first kappa shape index (κ1) is 14.0. The minimum atomic E-state index is -0.945. The average molecular weight is 328 g/mol. The van der Waals surface area contributed by atoms with E-state index in [4.69, 9.17) is 5.11 Å². The zero-order valence-corrected chi connectivity index (χ0v) is 11.5. The molecule has 0 aliphatic rings. The zero-order chi connectivity index (χ0) is 13.8. The average Bonchev–Trinajstić information content (AvgIpc) is 2.36. The van der Waals surface area contributed by atoms with Crippen LogP contribution in [0.1, 0.15) is 11.1 Å². The molecule has 2 aromatic rings. The van der Waals surface area contributed by atoms with Crippen LogP contribution in [-0.4, -0.2) is 5.11 Å². The second kappa shape index (κ2) is 6.12. The van der Waals surface area contributed by atoms with Crippen molar-refractivity contribution >= 4 is 15.9 Å². The molecule has 0 radical (unpaired) electrons. The third-order valence-electron chi connectivity index (χ3n) is 2.62. The molecule has 0 aromatic heterocycles. The fourth-order valence-corrected chi connectivity index (χ4v) is 2.16. The fraction of sp³-hybridized carbons (Fsp3) is 0.143. The number of aromatic hydroxyl groups is 1. The molecule has 0 saturated carbocycles. The predicted molar refractivity (Wildman–Crippen MR) is 72.7 cm³/mol. The number of rotatable bonds is 4. The maximum Gasteiger partial charge on any atom is 0.187 e. The number of hydrogen-bond acceptors (Lipinski definition) is 2. The van der Waals surface area contributed by atoms with Crippen molar-refractivity contribution in [3.05, 3.63) is 63.6 Å². The Morgan fingerprint density at radius 3 is 2.26 bits per heavy atom. The van der Waals surface area contributed by atoms with E-state index >= 15 is 0 Å². The van der Waals surface area contributed by atoms with Crippen LogP contribution in [0.5, 0.6) is 5.75 Å². The largest absolute Gasteiger partial charge is 0.503 e. The summed E-state index contributed by atoms with van der Waals surface area (Å²) in [4.78, 5) is 0. The molecule has 0 atom stereocenters. The summed E-state index contributed by atoms with van der Waals surface area (Å²) in [5, 5.41) is 12.1. The first-order valence-electron chi connectivity index (χ1n) is 5.68. The van der Waals surface area contributed by atoms with Gasteiger partial charge in [-0.15, -0.1) is 0 Å². The molecule has 2 N–H and O–H groups in total. The quantitative estimate of drug-likeness (QED) is 0.896. The van der Waals surface area contributed by atoms with Crippen molar-refractivity contribution in [3.63, 3.8) is 0 Å². The van der Waals surface area contributed by atoms with Gasteiger partial charge in [-0.2, -0.15) is 0 Å².